The number of halogens is 4. The molecule has 0 aromatic heterocycles. The van der Waals surface area contributed by atoms with Crippen LogP contribution in [0.2, 0.25) is 0 Å². The minimum Gasteiger partial charge on any atom is -0.497 e. The molecular weight excluding hydrogens is 620 g/mol. The number of anilines is 1. The van der Waals surface area contributed by atoms with Crippen molar-refractivity contribution in [3.63, 3.8) is 0 Å². The van der Waals surface area contributed by atoms with Gasteiger partial charge in [0, 0.05) is 28.4 Å². The Balaban J connectivity index is 1.86. The van der Waals surface area contributed by atoms with E-state index in [-0.39, 0.29) is 53.5 Å². The van der Waals surface area contributed by atoms with E-state index in [2.05, 4.69) is 0 Å². The van der Waals surface area contributed by atoms with Crippen LogP contribution in [0.5, 0.6) is 5.75 Å². The van der Waals surface area contributed by atoms with Crippen LogP contribution >= 0.6 is 0 Å². The van der Waals surface area contributed by atoms with E-state index >= 15 is 4.39 Å². The highest BCUT2D eigenvalue weighted by Gasteiger charge is 2.52. The van der Waals surface area contributed by atoms with Gasteiger partial charge in [0.05, 0.1) is 37.4 Å². The number of nitrogens with two attached hydrogens (primary N) is 1. The van der Waals surface area contributed by atoms with Gasteiger partial charge in [-0.2, -0.15) is 13.2 Å². The maximum absolute atomic E-state index is 15.6. The van der Waals surface area contributed by atoms with Gasteiger partial charge < -0.3 is 19.9 Å². The van der Waals surface area contributed by atoms with Crippen molar-refractivity contribution < 1.29 is 46.2 Å². The van der Waals surface area contributed by atoms with Gasteiger partial charge in [0.1, 0.15) is 23.3 Å². The van der Waals surface area contributed by atoms with Crippen molar-refractivity contribution in [2.75, 3.05) is 25.2 Å². The lowest BCUT2D eigenvalue weighted by Gasteiger charge is -2.44. The Labute approximate surface area is 268 Å². The molecule has 0 fully saturated rings. The standard InChI is InChI=1S/C35H32F4N2O6/c1-4-46-33(43)28-24(19-10-8-13-22(16-19)45-3)18-26-29(31(28)42)27(23-14-6-7-15-25(23)36)30(34(44)47-5-2)32(40)41(26)21-12-9-11-20(17-21)35(37,38)39/h6-17,24,27-28H,4-5,18,40H2,1-3H3/t24-,27-,28-/m1/s1. The molecule has 3 aromatic rings. The summed E-state index contributed by atoms with van der Waals surface area (Å²) in [5.41, 5.74) is 5.54. The van der Waals surface area contributed by atoms with Gasteiger partial charge in [-0.25, -0.2) is 9.18 Å². The molecule has 2 aliphatic rings. The molecule has 246 valence electrons. The summed E-state index contributed by atoms with van der Waals surface area (Å²) in [6.45, 7) is 2.95. The Bertz CT molecular complexity index is 1780. The van der Waals surface area contributed by atoms with E-state index in [0.29, 0.717) is 11.3 Å². The van der Waals surface area contributed by atoms with Crippen LogP contribution in [-0.4, -0.2) is 38.0 Å². The van der Waals surface area contributed by atoms with Crippen molar-refractivity contribution in [3.8, 4) is 5.75 Å². The molecule has 2 N–H and O–H groups in total. The van der Waals surface area contributed by atoms with E-state index < -0.39 is 53.0 Å². The average Bonchev–Trinajstić information content (AvgIpc) is 3.04. The van der Waals surface area contributed by atoms with Crippen molar-refractivity contribution >= 4 is 23.4 Å². The van der Waals surface area contributed by atoms with Gasteiger partial charge in [0.2, 0.25) is 0 Å². The van der Waals surface area contributed by atoms with Gasteiger partial charge >= 0.3 is 18.1 Å². The maximum atomic E-state index is 15.6. The molecule has 0 saturated carbocycles. The van der Waals surface area contributed by atoms with E-state index in [9.17, 15) is 27.6 Å². The molecule has 12 heteroatoms. The highest BCUT2D eigenvalue weighted by atomic mass is 19.4. The Morgan fingerprint density at radius 1 is 0.957 bits per heavy atom. The summed E-state index contributed by atoms with van der Waals surface area (Å²) in [6, 6.07) is 16.4. The average molecular weight is 653 g/mol. The molecule has 0 unspecified atom stereocenters. The fraction of sp³-hybridized carbons (Fsp3) is 0.286. The van der Waals surface area contributed by atoms with E-state index in [1.165, 1.54) is 49.3 Å². The normalized spacial score (nSPS) is 19.8. The zero-order valence-corrected chi connectivity index (χ0v) is 25.8. The first-order valence-electron chi connectivity index (χ1n) is 14.9. The maximum Gasteiger partial charge on any atom is 0.416 e. The molecule has 3 aromatic carbocycles. The van der Waals surface area contributed by atoms with Gasteiger partial charge in [-0.3, -0.25) is 14.5 Å². The molecule has 0 bridgehead atoms. The largest absolute Gasteiger partial charge is 0.497 e. The van der Waals surface area contributed by atoms with Crippen molar-refractivity contribution in [3.05, 3.63) is 118 Å². The molecule has 8 nitrogen and oxygen atoms in total. The van der Waals surface area contributed by atoms with Gasteiger partial charge in [-0.1, -0.05) is 36.4 Å². The molecule has 47 heavy (non-hydrogen) atoms. The number of ether oxygens (including phenoxy) is 3. The molecule has 0 amide bonds. The zero-order chi connectivity index (χ0) is 34.0. The number of hydrogen-bond acceptors (Lipinski definition) is 8. The van der Waals surface area contributed by atoms with Crippen molar-refractivity contribution in [2.45, 2.75) is 38.3 Å². The molecule has 0 saturated heterocycles. The number of allylic oxidation sites excluding steroid dienone is 2. The minimum absolute atomic E-state index is 0.0482. The number of esters is 2. The van der Waals surface area contributed by atoms with Gasteiger partial charge in [0.15, 0.2) is 5.78 Å². The van der Waals surface area contributed by atoms with Crippen LogP contribution in [0.4, 0.5) is 23.2 Å². The van der Waals surface area contributed by atoms with Gasteiger partial charge in [-0.05, 0) is 62.2 Å². The number of alkyl halides is 3. The second-order valence-corrected chi connectivity index (χ2v) is 10.9. The first-order chi connectivity index (χ1) is 22.4. The summed E-state index contributed by atoms with van der Waals surface area (Å²) < 4.78 is 73.4. The third-order valence-corrected chi connectivity index (χ3v) is 8.24. The SMILES string of the molecule is CCOC(=O)C1=C(N)N(c2cccc(C(F)(F)F)c2)C2=C(C(=O)[C@H](C(=O)OCC)[C@@H](c3cccc(OC)c3)C2)[C@H]1c1ccccc1F. The fourth-order valence-corrected chi connectivity index (χ4v) is 6.26. The summed E-state index contributed by atoms with van der Waals surface area (Å²) >= 11 is 0. The topological polar surface area (TPSA) is 108 Å². The highest BCUT2D eigenvalue weighted by Crippen LogP contribution is 2.52. The van der Waals surface area contributed by atoms with Crippen LogP contribution < -0.4 is 15.4 Å². The predicted molar refractivity (Wildman–Crippen MR) is 163 cm³/mol. The number of benzene rings is 3. The quantitative estimate of drug-likeness (QED) is 0.170. The van der Waals surface area contributed by atoms with Crippen molar-refractivity contribution in [1.82, 2.24) is 0 Å². The summed E-state index contributed by atoms with van der Waals surface area (Å²) in [5, 5.41) is 0. The lowest BCUT2D eigenvalue weighted by Crippen LogP contribution is -2.46. The lowest BCUT2D eigenvalue weighted by molar-refractivity contribution is -0.152. The number of carbonyl (C=O) groups excluding carboxylic acids is 3. The minimum atomic E-state index is -4.73. The number of Topliss-reactive ketones (excluding diaryl/α,β-unsaturated/α-hetero) is 1. The number of rotatable bonds is 8. The summed E-state index contributed by atoms with van der Waals surface area (Å²) in [5.74, 6) is -7.15. The second kappa shape index (κ2) is 13.3. The molecule has 3 atom stereocenters. The monoisotopic (exact) mass is 652 g/mol. The molecule has 5 rings (SSSR count). The van der Waals surface area contributed by atoms with Gasteiger partial charge in [0.25, 0.3) is 0 Å². The number of hydrogen-bond donors (Lipinski definition) is 1. The zero-order valence-electron chi connectivity index (χ0n) is 25.8. The fourth-order valence-electron chi connectivity index (χ4n) is 6.26. The van der Waals surface area contributed by atoms with Crippen LogP contribution in [0.3, 0.4) is 0 Å². The third-order valence-electron chi connectivity index (χ3n) is 8.24. The van der Waals surface area contributed by atoms with E-state index in [4.69, 9.17) is 19.9 Å². The van der Waals surface area contributed by atoms with E-state index in [1.54, 1.807) is 31.2 Å². The molecule has 1 heterocycles. The number of nitrogens with zero attached hydrogens (tertiary/aromatic N) is 1. The highest BCUT2D eigenvalue weighted by molar-refractivity contribution is 6.14. The van der Waals surface area contributed by atoms with Crippen LogP contribution in [0.1, 0.15) is 48.8 Å². The molecular formula is C35H32F4N2O6. The van der Waals surface area contributed by atoms with Crippen LogP contribution in [0.25, 0.3) is 0 Å². The van der Waals surface area contributed by atoms with Crippen LogP contribution in [0, 0.1) is 11.7 Å². The van der Waals surface area contributed by atoms with Crippen molar-refractivity contribution in [2.24, 2.45) is 11.7 Å². The first kappa shape index (κ1) is 33.2. The Morgan fingerprint density at radius 3 is 2.32 bits per heavy atom. The predicted octanol–water partition coefficient (Wildman–Crippen LogP) is 6.38. The van der Waals surface area contributed by atoms with E-state index in [0.717, 1.165) is 18.2 Å². The lowest BCUT2D eigenvalue weighted by atomic mass is 9.66. The summed E-state index contributed by atoms with van der Waals surface area (Å²) in [4.78, 5) is 43.2. The van der Waals surface area contributed by atoms with Crippen LogP contribution in [-0.2, 0) is 30.0 Å². The number of carbonyl (C=O) groups is 3. The Kier molecular flexibility index (Phi) is 9.41. The Morgan fingerprint density at radius 2 is 1.66 bits per heavy atom. The van der Waals surface area contributed by atoms with E-state index in [1.807, 2.05) is 0 Å². The van der Waals surface area contributed by atoms with Crippen LogP contribution in [0.15, 0.2) is 95.5 Å². The molecule has 1 aliphatic carbocycles. The molecule has 1 aliphatic heterocycles. The molecule has 0 spiro atoms. The van der Waals surface area contributed by atoms with Gasteiger partial charge in [-0.15, -0.1) is 0 Å². The Hall–Kier alpha value is -5.13. The summed E-state index contributed by atoms with van der Waals surface area (Å²) in [6.07, 6.45) is -4.86. The van der Waals surface area contributed by atoms with Crippen molar-refractivity contribution in [1.29, 1.82) is 0 Å². The molecule has 0 radical (unpaired) electrons. The third kappa shape index (κ3) is 6.19. The smallest absolute Gasteiger partial charge is 0.416 e. The second-order valence-electron chi connectivity index (χ2n) is 10.9. The number of ketones is 1. The first-order valence-corrected chi connectivity index (χ1v) is 14.9. The summed E-state index contributed by atoms with van der Waals surface area (Å²) in [7, 11) is 1.45. The number of methoxy groups -OCH3 is 1.